The van der Waals surface area contributed by atoms with Crippen LogP contribution in [0.25, 0.3) is 0 Å². The van der Waals surface area contributed by atoms with Crippen LogP contribution in [0, 0.1) is 5.92 Å². The number of likely N-dealkylation sites (tertiary alicyclic amines) is 1. The summed E-state index contributed by atoms with van der Waals surface area (Å²) in [6.45, 7) is 6.93. The number of hydrogen-bond donors (Lipinski definition) is 1. The Balaban J connectivity index is 1.96. The first-order chi connectivity index (χ1) is 9.16. The van der Waals surface area contributed by atoms with Gasteiger partial charge in [0.05, 0.1) is 0 Å². The summed E-state index contributed by atoms with van der Waals surface area (Å²) in [5.41, 5.74) is 0.490. The van der Waals surface area contributed by atoms with Crippen LogP contribution >= 0.6 is 0 Å². The highest BCUT2D eigenvalue weighted by Gasteiger charge is 2.20. The Hall–Kier alpha value is -1.65. The fourth-order valence-electron chi connectivity index (χ4n) is 2.14. The summed E-state index contributed by atoms with van der Waals surface area (Å²) in [7, 11) is 0. The van der Waals surface area contributed by atoms with E-state index in [1.54, 1.807) is 6.07 Å². The number of rotatable bonds is 5. The lowest BCUT2D eigenvalue weighted by Gasteiger charge is -2.15. The maximum atomic E-state index is 12.2. The van der Waals surface area contributed by atoms with Crippen molar-refractivity contribution in [1.82, 2.24) is 14.9 Å². The zero-order chi connectivity index (χ0) is 13.7. The van der Waals surface area contributed by atoms with Crippen LogP contribution in [-0.2, 0) is 0 Å². The average Bonchev–Trinajstić information content (AvgIpc) is 2.91. The molecule has 0 saturated carbocycles. The molecule has 1 aromatic rings. The van der Waals surface area contributed by atoms with E-state index >= 15 is 0 Å². The summed E-state index contributed by atoms with van der Waals surface area (Å²) in [4.78, 5) is 22.3. The first-order valence-corrected chi connectivity index (χ1v) is 7.02. The van der Waals surface area contributed by atoms with Gasteiger partial charge in [0.1, 0.15) is 17.8 Å². The highest BCUT2D eigenvalue weighted by Crippen LogP contribution is 2.13. The molecule has 2 rings (SSSR count). The zero-order valence-electron chi connectivity index (χ0n) is 11.7. The number of aromatic nitrogens is 2. The molecule has 1 aromatic heterocycles. The Morgan fingerprint density at radius 1 is 1.37 bits per heavy atom. The number of anilines is 1. The van der Waals surface area contributed by atoms with Crippen LogP contribution < -0.4 is 5.32 Å². The van der Waals surface area contributed by atoms with E-state index in [4.69, 9.17) is 0 Å². The van der Waals surface area contributed by atoms with Gasteiger partial charge >= 0.3 is 0 Å². The van der Waals surface area contributed by atoms with Gasteiger partial charge in [-0.3, -0.25) is 4.79 Å². The normalized spacial score (nSPS) is 15.0. The highest BCUT2D eigenvalue weighted by atomic mass is 16.2. The SMILES string of the molecule is CC(C)CCNc1cc(C(=O)N2CCCC2)ncn1. The zero-order valence-corrected chi connectivity index (χ0v) is 11.7. The number of nitrogens with zero attached hydrogens (tertiary/aromatic N) is 3. The second kappa shape index (κ2) is 6.50. The van der Waals surface area contributed by atoms with Gasteiger partial charge in [-0.05, 0) is 25.2 Å². The lowest BCUT2D eigenvalue weighted by atomic mass is 10.1. The summed E-state index contributed by atoms with van der Waals surface area (Å²) in [6, 6.07) is 1.75. The molecule has 1 fully saturated rings. The van der Waals surface area contributed by atoms with Gasteiger partial charge in [0.2, 0.25) is 0 Å². The van der Waals surface area contributed by atoms with E-state index in [0.29, 0.717) is 11.6 Å². The molecule has 0 aliphatic carbocycles. The number of amides is 1. The number of nitrogens with one attached hydrogen (secondary N) is 1. The van der Waals surface area contributed by atoms with Crippen molar-refractivity contribution < 1.29 is 4.79 Å². The lowest BCUT2D eigenvalue weighted by molar-refractivity contribution is 0.0787. The van der Waals surface area contributed by atoms with Crippen LogP contribution in [0.15, 0.2) is 12.4 Å². The second-order valence-electron chi connectivity index (χ2n) is 5.40. The van der Waals surface area contributed by atoms with Crippen LogP contribution in [-0.4, -0.2) is 40.4 Å². The first-order valence-electron chi connectivity index (χ1n) is 7.02. The predicted octanol–water partition coefficient (Wildman–Crippen LogP) is 2.17. The molecule has 5 heteroatoms. The van der Waals surface area contributed by atoms with Crippen LogP contribution in [0.1, 0.15) is 43.6 Å². The van der Waals surface area contributed by atoms with E-state index in [1.807, 2.05) is 4.90 Å². The molecule has 0 atom stereocenters. The van der Waals surface area contributed by atoms with Gasteiger partial charge < -0.3 is 10.2 Å². The number of hydrogen-bond acceptors (Lipinski definition) is 4. The van der Waals surface area contributed by atoms with Crippen molar-refractivity contribution in [3.63, 3.8) is 0 Å². The molecule has 0 bridgehead atoms. The quantitative estimate of drug-likeness (QED) is 0.883. The Morgan fingerprint density at radius 2 is 2.11 bits per heavy atom. The minimum atomic E-state index is 0.0202. The lowest BCUT2D eigenvalue weighted by Crippen LogP contribution is -2.28. The maximum absolute atomic E-state index is 12.2. The van der Waals surface area contributed by atoms with Gasteiger partial charge in [-0.2, -0.15) is 0 Å². The summed E-state index contributed by atoms with van der Waals surface area (Å²) < 4.78 is 0. The molecule has 1 saturated heterocycles. The van der Waals surface area contributed by atoms with Crippen molar-refractivity contribution in [2.45, 2.75) is 33.1 Å². The Bertz CT molecular complexity index is 427. The van der Waals surface area contributed by atoms with E-state index in [0.717, 1.165) is 44.7 Å². The van der Waals surface area contributed by atoms with E-state index in [-0.39, 0.29) is 5.91 Å². The molecule has 1 aliphatic rings. The molecule has 5 nitrogen and oxygen atoms in total. The molecule has 0 unspecified atom stereocenters. The van der Waals surface area contributed by atoms with Crippen LogP contribution in [0.4, 0.5) is 5.82 Å². The van der Waals surface area contributed by atoms with Crippen LogP contribution in [0.2, 0.25) is 0 Å². The Morgan fingerprint density at radius 3 is 2.79 bits per heavy atom. The van der Waals surface area contributed by atoms with Gasteiger partial charge in [0.25, 0.3) is 5.91 Å². The van der Waals surface area contributed by atoms with Gasteiger partial charge in [-0.25, -0.2) is 9.97 Å². The maximum Gasteiger partial charge on any atom is 0.272 e. The molecule has 1 amide bonds. The fourth-order valence-corrected chi connectivity index (χ4v) is 2.14. The van der Waals surface area contributed by atoms with Gasteiger partial charge in [-0.1, -0.05) is 13.8 Å². The van der Waals surface area contributed by atoms with E-state index in [9.17, 15) is 4.79 Å². The summed E-state index contributed by atoms with van der Waals surface area (Å²) in [5.74, 6) is 1.41. The van der Waals surface area contributed by atoms with Gasteiger partial charge in [-0.15, -0.1) is 0 Å². The Labute approximate surface area is 114 Å². The van der Waals surface area contributed by atoms with Gasteiger partial charge in [0.15, 0.2) is 0 Å². The van der Waals surface area contributed by atoms with E-state index in [2.05, 4.69) is 29.1 Å². The highest BCUT2D eigenvalue weighted by molar-refractivity contribution is 5.93. The minimum Gasteiger partial charge on any atom is -0.370 e. The second-order valence-corrected chi connectivity index (χ2v) is 5.40. The molecule has 19 heavy (non-hydrogen) atoms. The molecule has 1 aliphatic heterocycles. The molecule has 0 radical (unpaired) electrons. The third kappa shape index (κ3) is 3.91. The summed E-state index contributed by atoms with van der Waals surface area (Å²) in [5, 5.41) is 3.24. The summed E-state index contributed by atoms with van der Waals surface area (Å²) in [6.07, 6.45) is 4.73. The number of carbonyl (C=O) groups is 1. The molecule has 104 valence electrons. The molecular weight excluding hydrogens is 240 g/mol. The third-order valence-electron chi connectivity index (χ3n) is 3.31. The minimum absolute atomic E-state index is 0.0202. The van der Waals surface area contributed by atoms with E-state index in [1.165, 1.54) is 6.33 Å². The number of carbonyl (C=O) groups excluding carboxylic acids is 1. The van der Waals surface area contributed by atoms with Crippen LogP contribution in [0.3, 0.4) is 0 Å². The average molecular weight is 262 g/mol. The summed E-state index contributed by atoms with van der Waals surface area (Å²) >= 11 is 0. The monoisotopic (exact) mass is 262 g/mol. The molecule has 0 aromatic carbocycles. The van der Waals surface area contributed by atoms with Crippen molar-refractivity contribution in [2.75, 3.05) is 25.0 Å². The van der Waals surface area contributed by atoms with Gasteiger partial charge in [0, 0.05) is 25.7 Å². The largest absolute Gasteiger partial charge is 0.370 e. The van der Waals surface area contributed by atoms with Crippen molar-refractivity contribution in [3.05, 3.63) is 18.1 Å². The first kappa shape index (κ1) is 13.8. The van der Waals surface area contributed by atoms with Crippen molar-refractivity contribution in [1.29, 1.82) is 0 Å². The Kier molecular flexibility index (Phi) is 4.71. The van der Waals surface area contributed by atoms with Crippen molar-refractivity contribution >= 4 is 11.7 Å². The fraction of sp³-hybridized carbons (Fsp3) is 0.643. The molecule has 1 N–H and O–H groups in total. The molecular formula is C14H22N4O. The van der Waals surface area contributed by atoms with Crippen molar-refractivity contribution in [3.8, 4) is 0 Å². The molecule has 2 heterocycles. The topological polar surface area (TPSA) is 58.1 Å². The molecule has 0 spiro atoms. The van der Waals surface area contributed by atoms with Crippen LogP contribution in [0.5, 0.6) is 0 Å². The van der Waals surface area contributed by atoms with E-state index < -0.39 is 0 Å². The third-order valence-corrected chi connectivity index (χ3v) is 3.31. The smallest absolute Gasteiger partial charge is 0.272 e. The standard InChI is InChI=1S/C14H22N4O/c1-11(2)5-6-15-13-9-12(16-10-17-13)14(19)18-7-3-4-8-18/h9-11H,3-8H2,1-2H3,(H,15,16,17). The predicted molar refractivity (Wildman–Crippen MR) is 75.1 cm³/mol. The van der Waals surface area contributed by atoms with Crippen molar-refractivity contribution in [2.24, 2.45) is 5.92 Å².